The summed E-state index contributed by atoms with van der Waals surface area (Å²) in [7, 11) is 0. The minimum Gasteiger partial charge on any atom is -0.474 e. The molecular weight excluding hydrogens is 281 g/mol. The third-order valence-corrected chi connectivity index (χ3v) is 4.25. The number of aromatic nitrogens is 1. The quantitative estimate of drug-likeness (QED) is 0.727. The molecule has 106 valence electrons. The van der Waals surface area contributed by atoms with Crippen molar-refractivity contribution in [3.8, 4) is 5.88 Å². The van der Waals surface area contributed by atoms with Crippen LogP contribution >= 0.6 is 23.2 Å². The number of hydrogen-bond acceptors (Lipinski definition) is 2. The zero-order chi connectivity index (χ0) is 14.0. The van der Waals surface area contributed by atoms with E-state index < -0.39 is 0 Å². The zero-order valence-electron chi connectivity index (χ0n) is 11.7. The molecule has 1 aromatic rings. The van der Waals surface area contributed by atoms with Crippen molar-refractivity contribution in [1.82, 2.24) is 4.98 Å². The Kier molecular flexibility index (Phi) is 4.62. The minimum atomic E-state index is 0.232. The van der Waals surface area contributed by atoms with Crippen molar-refractivity contribution in [1.29, 1.82) is 0 Å². The van der Waals surface area contributed by atoms with Gasteiger partial charge in [0.15, 0.2) is 0 Å². The molecule has 2 unspecified atom stereocenters. The highest BCUT2D eigenvalue weighted by Crippen LogP contribution is 2.39. The van der Waals surface area contributed by atoms with Crippen molar-refractivity contribution < 1.29 is 4.74 Å². The van der Waals surface area contributed by atoms with Crippen molar-refractivity contribution in [2.75, 3.05) is 0 Å². The molecule has 2 rings (SSSR count). The molecular formula is C15H21Cl2NO. The summed E-state index contributed by atoms with van der Waals surface area (Å²) in [5.41, 5.74) is 1.02. The molecule has 0 aromatic carbocycles. The van der Waals surface area contributed by atoms with E-state index in [1.54, 1.807) is 6.07 Å². The van der Waals surface area contributed by atoms with Gasteiger partial charge in [0.1, 0.15) is 6.10 Å². The van der Waals surface area contributed by atoms with Crippen LogP contribution in [0.25, 0.3) is 0 Å². The Morgan fingerprint density at radius 3 is 2.74 bits per heavy atom. The predicted molar refractivity (Wildman–Crippen MR) is 80.0 cm³/mol. The standard InChI is InChI=1S/C15H21Cl2NO/c1-10-6-11(8-15(2,3)7-10)19-14-5-4-12(17)13(9-16)18-14/h4-5,10-11H,6-9H2,1-3H3. The van der Waals surface area contributed by atoms with E-state index in [9.17, 15) is 0 Å². The summed E-state index contributed by atoms with van der Waals surface area (Å²) >= 11 is 11.8. The monoisotopic (exact) mass is 301 g/mol. The molecule has 0 saturated heterocycles. The molecule has 1 aromatic heterocycles. The van der Waals surface area contributed by atoms with Gasteiger partial charge in [0.2, 0.25) is 5.88 Å². The van der Waals surface area contributed by atoms with Gasteiger partial charge >= 0.3 is 0 Å². The Balaban J connectivity index is 2.08. The lowest BCUT2D eigenvalue weighted by atomic mass is 9.71. The van der Waals surface area contributed by atoms with Gasteiger partial charge in [0.05, 0.1) is 16.6 Å². The fraction of sp³-hybridized carbons (Fsp3) is 0.667. The van der Waals surface area contributed by atoms with Gasteiger partial charge in [-0.2, -0.15) is 0 Å². The molecule has 1 heterocycles. The van der Waals surface area contributed by atoms with E-state index in [-0.39, 0.29) is 6.10 Å². The lowest BCUT2D eigenvalue weighted by Gasteiger charge is -2.38. The van der Waals surface area contributed by atoms with Crippen LogP contribution in [0.3, 0.4) is 0 Å². The number of ether oxygens (including phenoxy) is 1. The van der Waals surface area contributed by atoms with E-state index in [1.165, 1.54) is 6.42 Å². The minimum absolute atomic E-state index is 0.232. The summed E-state index contributed by atoms with van der Waals surface area (Å²) in [6.45, 7) is 6.90. The van der Waals surface area contributed by atoms with E-state index in [0.29, 0.717) is 33.8 Å². The summed E-state index contributed by atoms with van der Waals surface area (Å²) in [5, 5.41) is 0.597. The lowest BCUT2D eigenvalue weighted by Crippen LogP contribution is -2.34. The van der Waals surface area contributed by atoms with Crippen LogP contribution in [0.5, 0.6) is 5.88 Å². The van der Waals surface area contributed by atoms with Crippen molar-refractivity contribution >= 4 is 23.2 Å². The summed E-state index contributed by atoms with van der Waals surface area (Å²) in [4.78, 5) is 4.37. The SMILES string of the molecule is CC1CC(Oc2ccc(Cl)c(CCl)n2)CC(C)(C)C1. The molecule has 1 fully saturated rings. The molecule has 0 aliphatic heterocycles. The first-order valence-electron chi connectivity index (χ1n) is 6.77. The molecule has 1 aliphatic carbocycles. The number of pyridine rings is 1. The number of hydrogen-bond donors (Lipinski definition) is 0. The van der Waals surface area contributed by atoms with Crippen LogP contribution in [-0.4, -0.2) is 11.1 Å². The van der Waals surface area contributed by atoms with Crippen LogP contribution in [0.2, 0.25) is 5.02 Å². The summed E-state index contributed by atoms with van der Waals surface area (Å²) in [6, 6.07) is 3.63. The summed E-state index contributed by atoms with van der Waals surface area (Å²) < 4.78 is 6.03. The molecule has 4 heteroatoms. The average molecular weight is 302 g/mol. The maximum absolute atomic E-state index is 6.03. The smallest absolute Gasteiger partial charge is 0.213 e. The van der Waals surface area contributed by atoms with E-state index in [2.05, 4.69) is 25.8 Å². The third-order valence-electron chi connectivity index (χ3n) is 3.65. The van der Waals surface area contributed by atoms with Crippen LogP contribution < -0.4 is 4.74 Å². The second-order valence-corrected chi connectivity index (χ2v) is 7.04. The van der Waals surface area contributed by atoms with E-state index in [1.807, 2.05) is 6.07 Å². The Morgan fingerprint density at radius 1 is 1.37 bits per heavy atom. The van der Waals surface area contributed by atoms with Gasteiger partial charge in [-0.25, -0.2) is 4.98 Å². The summed E-state index contributed by atoms with van der Waals surface area (Å²) in [6.07, 6.45) is 3.64. The van der Waals surface area contributed by atoms with Crippen LogP contribution in [0, 0.1) is 11.3 Å². The first kappa shape index (κ1) is 14.9. The van der Waals surface area contributed by atoms with Gasteiger partial charge in [-0.1, -0.05) is 32.4 Å². The Labute approximate surface area is 125 Å². The molecule has 1 aliphatic rings. The Bertz CT molecular complexity index is 448. The Morgan fingerprint density at radius 2 is 2.11 bits per heavy atom. The maximum atomic E-state index is 6.03. The molecule has 2 atom stereocenters. The molecule has 19 heavy (non-hydrogen) atoms. The van der Waals surface area contributed by atoms with Gasteiger partial charge < -0.3 is 4.74 Å². The molecule has 1 saturated carbocycles. The largest absolute Gasteiger partial charge is 0.474 e. The fourth-order valence-corrected chi connectivity index (χ4v) is 3.59. The predicted octanol–water partition coefficient (Wildman–Crippen LogP) is 5.07. The lowest BCUT2D eigenvalue weighted by molar-refractivity contribution is 0.0532. The van der Waals surface area contributed by atoms with Gasteiger partial charge in [-0.15, -0.1) is 11.6 Å². The van der Waals surface area contributed by atoms with Gasteiger partial charge in [-0.05, 0) is 36.7 Å². The number of halogens is 2. The number of nitrogens with zero attached hydrogens (tertiary/aromatic N) is 1. The van der Waals surface area contributed by atoms with Crippen LogP contribution in [-0.2, 0) is 5.88 Å². The molecule has 0 bridgehead atoms. The van der Waals surface area contributed by atoms with Crippen LogP contribution in [0.1, 0.15) is 45.7 Å². The highest BCUT2D eigenvalue weighted by atomic mass is 35.5. The van der Waals surface area contributed by atoms with Crippen LogP contribution in [0.4, 0.5) is 0 Å². The molecule has 2 nitrogen and oxygen atoms in total. The molecule has 0 spiro atoms. The normalized spacial score (nSPS) is 26.2. The van der Waals surface area contributed by atoms with E-state index in [4.69, 9.17) is 27.9 Å². The van der Waals surface area contributed by atoms with E-state index in [0.717, 1.165) is 12.8 Å². The number of rotatable bonds is 3. The maximum Gasteiger partial charge on any atom is 0.213 e. The zero-order valence-corrected chi connectivity index (χ0v) is 13.3. The molecule has 0 radical (unpaired) electrons. The second-order valence-electron chi connectivity index (χ2n) is 6.36. The van der Waals surface area contributed by atoms with Crippen molar-refractivity contribution in [3.05, 3.63) is 22.8 Å². The second kappa shape index (κ2) is 5.88. The average Bonchev–Trinajstić information content (AvgIpc) is 2.29. The van der Waals surface area contributed by atoms with Crippen molar-refractivity contribution in [2.24, 2.45) is 11.3 Å². The molecule has 0 amide bonds. The topological polar surface area (TPSA) is 22.1 Å². The number of alkyl halides is 1. The first-order valence-corrected chi connectivity index (χ1v) is 7.69. The fourth-order valence-electron chi connectivity index (χ4n) is 3.14. The van der Waals surface area contributed by atoms with Crippen molar-refractivity contribution in [2.45, 2.75) is 52.0 Å². The summed E-state index contributed by atoms with van der Waals surface area (Å²) in [5.74, 6) is 1.63. The highest BCUT2D eigenvalue weighted by molar-refractivity contribution is 6.32. The van der Waals surface area contributed by atoms with Gasteiger partial charge in [-0.3, -0.25) is 0 Å². The third kappa shape index (κ3) is 4.00. The van der Waals surface area contributed by atoms with Crippen molar-refractivity contribution in [3.63, 3.8) is 0 Å². The Hall–Kier alpha value is -0.470. The molecule has 0 N–H and O–H groups in total. The first-order chi connectivity index (χ1) is 8.89. The van der Waals surface area contributed by atoms with Gasteiger partial charge in [0.25, 0.3) is 0 Å². The van der Waals surface area contributed by atoms with E-state index >= 15 is 0 Å². The van der Waals surface area contributed by atoms with Gasteiger partial charge in [0, 0.05) is 6.07 Å². The van der Waals surface area contributed by atoms with Crippen LogP contribution in [0.15, 0.2) is 12.1 Å². The highest BCUT2D eigenvalue weighted by Gasteiger charge is 2.33.